The Morgan fingerprint density at radius 2 is 1.78 bits per heavy atom. The van der Waals surface area contributed by atoms with Gasteiger partial charge in [-0.05, 0) is 18.6 Å². The van der Waals surface area contributed by atoms with Crippen LogP contribution in [0.15, 0.2) is 29.2 Å². The summed E-state index contributed by atoms with van der Waals surface area (Å²) in [6, 6.07) is 8.02. The van der Waals surface area contributed by atoms with Crippen molar-refractivity contribution in [2.45, 2.75) is 11.8 Å². The van der Waals surface area contributed by atoms with Crippen LogP contribution < -0.4 is 0 Å². The van der Waals surface area contributed by atoms with E-state index >= 15 is 0 Å². The summed E-state index contributed by atoms with van der Waals surface area (Å²) in [5.41, 5.74) is 1.23. The lowest BCUT2D eigenvalue weighted by molar-refractivity contribution is 0.824. The summed E-state index contributed by atoms with van der Waals surface area (Å²) in [7, 11) is 0. The minimum atomic E-state index is 0. The first kappa shape index (κ1) is 8.53. The molecule has 1 nitrogen and oxygen atoms in total. The van der Waals surface area contributed by atoms with Crippen molar-refractivity contribution in [2.24, 2.45) is 0 Å². The molecule has 0 amide bonds. The Morgan fingerprint density at radius 1 is 1.22 bits per heavy atom. The second-order valence-corrected chi connectivity index (χ2v) is 2.27. The molecule has 0 aliphatic rings. The molecule has 0 bridgehead atoms. The van der Waals surface area contributed by atoms with Crippen molar-refractivity contribution in [3.63, 3.8) is 0 Å². The molecule has 50 valence electrons. The van der Waals surface area contributed by atoms with Crippen LogP contribution in [0.3, 0.4) is 0 Å². The maximum atomic E-state index is 4.20. The predicted molar refractivity (Wildman–Crippen MR) is 42.0 cm³/mol. The largest absolute Gasteiger partial charge is 0.412 e. The third-order valence-electron chi connectivity index (χ3n) is 1.12. The quantitative estimate of drug-likeness (QED) is 0.532. The van der Waals surface area contributed by atoms with E-state index < -0.39 is 0 Å². The smallest absolute Gasteiger partial charge is 0.00692 e. The van der Waals surface area contributed by atoms with E-state index in [1.165, 1.54) is 5.56 Å². The van der Waals surface area contributed by atoms with E-state index in [1.54, 1.807) is 0 Å². The summed E-state index contributed by atoms with van der Waals surface area (Å²) >= 11 is 4.20. The first-order valence-electron chi connectivity index (χ1n) is 2.55. The van der Waals surface area contributed by atoms with Crippen molar-refractivity contribution in [2.75, 3.05) is 0 Å². The molecule has 0 radical (unpaired) electrons. The van der Waals surface area contributed by atoms with Gasteiger partial charge in [0.2, 0.25) is 0 Å². The molecular formula is C7H10OS. The monoisotopic (exact) mass is 142 g/mol. The Kier molecular flexibility index (Phi) is 3.35. The third kappa shape index (κ3) is 2.08. The fourth-order valence-electron chi connectivity index (χ4n) is 0.563. The molecule has 9 heavy (non-hydrogen) atoms. The first-order valence-corrected chi connectivity index (χ1v) is 3.00. The number of thiol groups is 1. The molecule has 1 aromatic rings. The van der Waals surface area contributed by atoms with Crippen LogP contribution >= 0.6 is 12.6 Å². The molecule has 1 aromatic carbocycles. The Labute approximate surface area is 60.4 Å². The second kappa shape index (κ2) is 3.54. The van der Waals surface area contributed by atoms with Gasteiger partial charge in [-0.15, -0.1) is 12.6 Å². The lowest BCUT2D eigenvalue weighted by Crippen LogP contribution is -1.70. The van der Waals surface area contributed by atoms with Gasteiger partial charge in [-0.3, -0.25) is 0 Å². The number of rotatable bonds is 0. The van der Waals surface area contributed by atoms with Gasteiger partial charge in [-0.2, -0.15) is 0 Å². The molecule has 2 heteroatoms. The normalized spacial score (nSPS) is 8.22. The summed E-state index contributed by atoms with van der Waals surface area (Å²) in [5, 5.41) is 0. The van der Waals surface area contributed by atoms with E-state index in [-0.39, 0.29) is 5.48 Å². The SMILES string of the molecule is Cc1ccccc1S.O. The predicted octanol–water partition coefficient (Wildman–Crippen LogP) is 1.46. The van der Waals surface area contributed by atoms with Gasteiger partial charge in [0.05, 0.1) is 0 Å². The van der Waals surface area contributed by atoms with Crippen molar-refractivity contribution >= 4 is 12.6 Å². The van der Waals surface area contributed by atoms with Gasteiger partial charge in [0, 0.05) is 4.90 Å². The van der Waals surface area contributed by atoms with Gasteiger partial charge in [0.1, 0.15) is 0 Å². The number of aryl methyl sites for hydroxylation is 1. The van der Waals surface area contributed by atoms with Crippen molar-refractivity contribution < 1.29 is 5.48 Å². The fraction of sp³-hybridized carbons (Fsp3) is 0.143. The first-order chi connectivity index (χ1) is 3.80. The molecule has 0 fully saturated rings. The fourth-order valence-corrected chi connectivity index (χ4v) is 0.724. The Hall–Kier alpha value is -0.470. The van der Waals surface area contributed by atoms with Crippen LogP contribution in [0.2, 0.25) is 0 Å². The van der Waals surface area contributed by atoms with Crippen molar-refractivity contribution in [3.05, 3.63) is 29.8 Å². The number of hydrogen-bond acceptors (Lipinski definition) is 1. The maximum Gasteiger partial charge on any atom is 0.00692 e. The highest BCUT2D eigenvalue weighted by molar-refractivity contribution is 7.80. The molecule has 0 heterocycles. The van der Waals surface area contributed by atoms with E-state index in [0.29, 0.717) is 0 Å². The van der Waals surface area contributed by atoms with E-state index in [1.807, 2.05) is 31.2 Å². The van der Waals surface area contributed by atoms with Crippen LogP contribution in [0.1, 0.15) is 5.56 Å². The zero-order valence-corrected chi connectivity index (χ0v) is 6.15. The second-order valence-electron chi connectivity index (χ2n) is 1.79. The van der Waals surface area contributed by atoms with E-state index in [2.05, 4.69) is 12.6 Å². The molecule has 0 unspecified atom stereocenters. The summed E-state index contributed by atoms with van der Waals surface area (Å²) in [4.78, 5) is 1.06. The standard InChI is InChI=1S/C7H8S.H2O/c1-6-4-2-3-5-7(6)8;/h2-5,8H,1H3;1H2. The average Bonchev–Trinajstić information content (AvgIpc) is 1.77. The molecule has 0 saturated heterocycles. The minimum Gasteiger partial charge on any atom is -0.412 e. The van der Waals surface area contributed by atoms with Crippen LogP contribution in [-0.2, 0) is 0 Å². The van der Waals surface area contributed by atoms with Gasteiger partial charge in [0.15, 0.2) is 0 Å². The zero-order chi connectivity index (χ0) is 5.98. The zero-order valence-electron chi connectivity index (χ0n) is 5.26. The molecule has 2 N–H and O–H groups in total. The third-order valence-corrected chi connectivity index (χ3v) is 1.62. The van der Waals surface area contributed by atoms with E-state index in [0.717, 1.165) is 4.90 Å². The number of benzene rings is 1. The van der Waals surface area contributed by atoms with Crippen LogP contribution in [-0.4, -0.2) is 5.48 Å². The van der Waals surface area contributed by atoms with Crippen LogP contribution in [0.5, 0.6) is 0 Å². The van der Waals surface area contributed by atoms with Crippen molar-refractivity contribution in [1.29, 1.82) is 0 Å². The van der Waals surface area contributed by atoms with Gasteiger partial charge >= 0.3 is 0 Å². The molecule has 0 saturated carbocycles. The highest BCUT2D eigenvalue weighted by Crippen LogP contribution is 2.09. The van der Waals surface area contributed by atoms with Gasteiger partial charge in [0.25, 0.3) is 0 Å². The highest BCUT2D eigenvalue weighted by Gasteiger charge is 1.84. The molecular weight excluding hydrogens is 132 g/mol. The summed E-state index contributed by atoms with van der Waals surface area (Å²) in [6.07, 6.45) is 0. The Morgan fingerprint density at radius 3 is 2.11 bits per heavy atom. The van der Waals surface area contributed by atoms with E-state index in [9.17, 15) is 0 Å². The molecule has 0 aromatic heterocycles. The Balaban J connectivity index is 0.000000640. The molecule has 0 spiro atoms. The highest BCUT2D eigenvalue weighted by atomic mass is 32.1. The van der Waals surface area contributed by atoms with Gasteiger partial charge in [-0.25, -0.2) is 0 Å². The Bertz CT molecular complexity index is 165. The molecule has 0 aliphatic heterocycles. The average molecular weight is 142 g/mol. The molecule has 1 rings (SSSR count). The minimum absolute atomic E-state index is 0. The van der Waals surface area contributed by atoms with Crippen LogP contribution in [0, 0.1) is 6.92 Å². The van der Waals surface area contributed by atoms with Crippen molar-refractivity contribution in [3.8, 4) is 0 Å². The van der Waals surface area contributed by atoms with Crippen LogP contribution in [0.25, 0.3) is 0 Å². The van der Waals surface area contributed by atoms with Crippen molar-refractivity contribution in [1.82, 2.24) is 0 Å². The maximum absolute atomic E-state index is 4.20. The summed E-state index contributed by atoms with van der Waals surface area (Å²) < 4.78 is 0. The lowest BCUT2D eigenvalue weighted by Gasteiger charge is -1.92. The summed E-state index contributed by atoms with van der Waals surface area (Å²) in [6.45, 7) is 2.04. The molecule has 0 aliphatic carbocycles. The van der Waals surface area contributed by atoms with E-state index in [4.69, 9.17) is 0 Å². The summed E-state index contributed by atoms with van der Waals surface area (Å²) in [5.74, 6) is 0. The lowest BCUT2D eigenvalue weighted by atomic mass is 10.2. The van der Waals surface area contributed by atoms with Gasteiger partial charge < -0.3 is 5.48 Å². The molecule has 0 atom stereocenters. The topological polar surface area (TPSA) is 31.5 Å². The number of hydrogen-bond donors (Lipinski definition) is 1. The van der Waals surface area contributed by atoms with Crippen LogP contribution in [0.4, 0.5) is 0 Å². The van der Waals surface area contributed by atoms with Gasteiger partial charge in [-0.1, -0.05) is 18.2 Å².